The van der Waals surface area contributed by atoms with Gasteiger partial charge in [0, 0.05) is 12.5 Å². The first-order valence-corrected chi connectivity index (χ1v) is 4.97. The summed E-state index contributed by atoms with van der Waals surface area (Å²) in [5.41, 5.74) is 10.5. The molecule has 0 saturated heterocycles. The standard InChI is InChI=1S/C9H20F2N2O/c1-2-4-7(13)8(14)9(10,11)5-3-6-12/h7-8,14H,2-6,12-13H2,1H3. The number of hydrogen-bond donors (Lipinski definition) is 3. The van der Waals surface area contributed by atoms with Crippen LogP contribution in [0.15, 0.2) is 0 Å². The molecule has 0 spiro atoms. The lowest BCUT2D eigenvalue weighted by Crippen LogP contribution is -2.47. The number of aliphatic hydroxyl groups excluding tert-OH is 1. The lowest BCUT2D eigenvalue weighted by Gasteiger charge is -2.27. The molecule has 0 aliphatic carbocycles. The highest BCUT2D eigenvalue weighted by Gasteiger charge is 2.40. The fourth-order valence-electron chi connectivity index (χ4n) is 1.29. The van der Waals surface area contributed by atoms with Gasteiger partial charge in [0.15, 0.2) is 0 Å². The lowest BCUT2D eigenvalue weighted by molar-refractivity contribution is -0.123. The number of halogens is 2. The Balaban J connectivity index is 4.10. The van der Waals surface area contributed by atoms with Crippen LogP contribution in [0.5, 0.6) is 0 Å². The number of rotatable bonds is 7. The normalized spacial score (nSPS) is 16.7. The van der Waals surface area contributed by atoms with Gasteiger partial charge in [0.1, 0.15) is 6.10 Å². The second-order valence-corrected chi connectivity index (χ2v) is 3.55. The summed E-state index contributed by atoms with van der Waals surface area (Å²) in [5.74, 6) is -3.12. The summed E-state index contributed by atoms with van der Waals surface area (Å²) in [6, 6.07) is -0.854. The van der Waals surface area contributed by atoms with Crippen LogP contribution in [0.25, 0.3) is 0 Å². The molecule has 0 aliphatic rings. The second-order valence-electron chi connectivity index (χ2n) is 3.55. The third-order valence-electron chi connectivity index (χ3n) is 2.17. The molecule has 0 bridgehead atoms. The van der Waals surface area contributed by atoms with E-state index in [1.807, 2.05) is 6.92 Å². The van der Waals surface area contributed by atoms with Gasteiger partial charge < -0.3 is 16.6 Å². The molecule has 2 unspecified atom stereocenters. The zero-order valence-corrected chi connectivity index (χ0v) is 8.55. The van der Waals surface area contributed by atoms with E-state index in [4.69, 9.17) is 11.5 Å². The molecule has 5 N–H and O–H groups in total. The van der Waals surface area contributed by atoms with Crippen molar-refractivity contribution in [3.63, 3.8) is 0 Å². The van der Waals surface area contributed by atoms with Gasteiger partial charge in [0.05, 0.1) is 0 Å². The maximum Gasteiger partial charge on any atom is 0.275 e. The Morgan fingerprint density at radius 2 is 2.00 bits per heavy atom. The van der Waals surface area contributed by atoms with E-state index in [0.717, 1.165) is 0 Å². The second kappa shape index (κ2) is 6.27. The number of hydrogen-bond acceptors (Lipinski definition) is 3. The van der Waals surface area contributed by atoms with Crippen molar-refractivity contribution >= 4 is 0 Å². The van der Waals surface area contributed by atoms with Crippen molar-refractivity contribution in [1.82, 2.24) is 0 Å². The Labute approximate surface area is 83.5 Å². The molecule has 86 valence electrons. The molecule has 0 aromatic carbocycles. The molecule has 0 heterocycles. The van der Waals surface area contributed by atoms with Crippen LogP contribution in [0, 0.1) is 0 Å². The number of aliphatic hydroxyl groups is 1. The van der Waals surface area contributed by atoms with E-state index >= 15 is 0 Å². The van der Waals surface area contributed by atoms with Crippen LogP contribution in [-0.2, 0) is 0 Å². The van der Waals surface area contributed by atoms with Gasteiger partial charge in [-0.15, -0.1) is 0 Å². The van der Waals surface area contributed by atoms with Crippen LogP contribution in [0.1, 0.15) is 32.6 Å². The molecule has 0 rings (SSSR count). The van der Waals surface area contributed by atoms with Crippen molar-refractivity contribution in [1.29, 1.82) is 0 Å². The topological polar surface area (TPSA) is 72.3 Å². The van der Waals surface area contributed by atoms with E-state index in [1.54, 1.807) is 0 Å². The summed E-state index contributed by atoms with van der Waals surface area (Å²) in [6.07, 6.45) is -0.871. The van der Waals surface area contributed by atoms with E-state index in [-0.39, 0.29) is 13.0 Å². The largest absolute Gasteiger partial charge is 0.385 e. The maximum atomic E-state index is 13.2. The van der Waals surface area contributed by atoms with Gasteiger partial charge >= 0.3 is 0 Å². The van der Waals surface area contributed by atoms with Crippen molar-refractivity contribution in [2.24, 2.45) is 11.5 Å². The summed E-state index contributed by atoms with van der Waals surface area (Å²) >= 11 is 0. The Bertz CT molecular complexity index is 156. The van der Waals surface area contributed by atoms with E-state index < -0.39 is 24.5 Å². The third-order valence-corrected chi connectivity index (χ3v) is 2.17. The van der Waals surface area contributed by atoms with E-state index in [9.17, 15) is 13.9 Å². The molecule has 0 aliphatic heterocycles. The van der Waals surface area contributed by atoms with Gasteiger partial charge in [-0.1, -0.05) is 13.3 Å². The van der Waals surface area contributed by atoms with Crippen LogP contribution in [-0.4, -0.2) is 29.7 Å². The molecule has 0 radical (unpaired) electrons. The molecule has 0 aromatic rings. The Kier molecular flexibility index (Phi) is 6.15. The molecule has 3 nitrogen and oxygen atoms in total. The van der Waals surface area contributed by atoms with Crippen molar-refractivity contribution in [2.45, 2.75) is 50.7 Å². The number of nitrogens with two attached hydrogens (primary N) is 2. The molecule has 2 atom stereocenters. The summed E-state index contributed by atoms with van der Waals surface area (Å²) < 4.78 is 26.4. The van der Waals surface area contributed by atoms with Crippen molar-refractivity contribution in [3.8, 4) is 0 Å². The van der Waals surface area contributed by atoms with Crippen LogP contribution < -0.4 is 11.5 Å². The molecule has 14 heavy (non-hydrogen) atoms. The monoisotopic (exact) mass is 210 g/mol. The zero-order chi connectivity index (χ0) is 11.2. The van der Waals surface area contributed by atoms with Crippen LogP contribution in [0.4, 0.5) is 8.78 Å². The Morgan fingerprint density at radius 1 is 1.43 bits per heavy atom. The highest BCUT2D eigenvalue weighted by atomic mass is 19.3. The average molecular weight is 210 g/mol. The SMILES string of the molecule is CCCC(N)C(O)C(F)(F)CCCN. The van der Waals surface area contributed by atoms with Gasteiger partial charge in [-0.2, -0.15) is 0 Å². The van der Waals surface area contributed by atoms with E-state index in [0.29, 0.717) is 12.8 Å². The molecule has 5 heteroatoms. The van der Waals surface area contributed by atoms with Crippen molar-refractivity contribution in [2.75, 3.05) is 6.54 Å². The van der Waals surface area contributed by atoms with Crippen LogP contribution >= 0.6 is 0 Å². The first-order valence-electron chi connectivity index (χ1n) is 4.97. The van der Waals surface area contributed by atoms with Crippen molar-refractivity contribution in [3.05, 3.63) is 0 Å². The highest BCUT2D eigenvalue weighted by Crippen LogP contribution is 2.27. The Morgan fingerprint density at radius 3 is 2.43 bits per heavy atom. The van der Waals surface area contributed by atoms with Gasteiger partial charge in [-0.25, -0.2) is 8.78 Å². The fourth-order valence-corrected chi connectivity index (χ4v) is 1.29. The maximum absolute atomic E-state index is 13.2. The van der Waals surface area contributed by atoms with Gasteiger partial charge in [-0.05, 0) is 19.4 Å². The van der Waals surface area contributed by atoms with E-state index in [1.165, 1.54) is 0 Å². The first-order chi connectivity index (χ1) is 6.45. The Hall–Kier alpha value is -0.260. The lowest BCUT2D eigenvalue weighted by atomic mass is 9.98. The van der Waals surface area contributed by atoms with Gasteiger partial charge in [0.2, 0.25) is 0 Å². The van der Waals surface area contributed by atoms with Crippen molar-refractivity contribution < 1.29 is 13.9 Å². The van der Waals surface area contributed by atoms with Gasteiger partial charge in [0.25, 0.3) is 5.92 Å². The predicted molar refractivity (Wildman–Crippen MR) is 52.1 cm³/mol. The molecule has 0 aromatic heterocycles. The zero-order valence-electron chi connectivity index (χ0n) is 8.55. The molecular weight excluding hydrogens is 190 g/mol. The van der Waals surface area contributed by atoms with Gasteiger partial charge in [-0.3, -0.25) is 0 Å². The number of alkyl halides is 2. The highest BCUT2D eigenvalue weighted by molar-refractivity contribution is 4.84. The average Bonchev–Trinajstić information content (AvgIpc) is 2.14. The molecule has 0 saturated carbocycles. The summed E-state index contributed by atoms with van der Waals surface area (Å²) in [6.45, 7) is 2.04. The van der Waals surface area contributed by atoms with Crippen LogP contribution in [0.2, 0.25) is 0 Å². The minimum absolute atomic E-state index is 0.197. The fraction of sp³-hybridized carbons (Fsp3) is 1.00. The predicted octanol–water partition coefficient (Wildman–Crippen LogP) is 0.849. The summed E-state index contributed by atoms with van der Waals surface area (Å²) in [5, 5.41) is 9.29. The minimum Gasteiger partial charge on any atom is -0.385 e. The minimum atomic E-state index is -3.12. The molecular formula is C9H20F2N2O. The molecule has 0 amide bonds. The smallest absolute Gasteiger partial charge is 0.275 e. The first kappa shape index (κ1) is 13.7. The summed E-state index contributed by atoms with van der Waals surface area (Å²) in [7, 11) is 0. The van der Waals surface area contributed by atoms with Crippen LogP contribution in [0.3, 0.4) is 0 Å². The molecule has 0 fully saturated rings. The third kappa shape index (κ3) is 4.30. The van der Waals surface area contributed by atoms with E-state index in [2.05, 4.69) is 0 Å². The quantitative estimate of drug-likeness (QED) is 0.583. The summed E-state index contributed by atoms with van der Waals surface area (Å²) in [4.78, 5) is 0.